The molecule has 1 saturated heterocycles. The summed E-state index contributed by atoms with van der Waals surface area (Å²) in [5.41, 5.74) is 0.483. The average molecular weight is 196 g/mol. The van der Waals surface area contributed by atoms with E-state index >= 15 is 0 Å². The van der Waals surface area contributed by atoms with Gasteiger partial charge in [0, 0.05) is 6.42 Å². The lowest BCUT2D eigenvalue weighted by molar-refractivity contribution is 0.0344. The summed E-state index contributed by atoms with van der Waals surface area (Å²) in [7, 11) is 0. The first-order valence-electron chi connectivity index (χ1n) is 5.90. The van der Waals surface area contributed by atoms with E-state index in [1.54, 1.807) is 0 Å². The van der Waals surface area contributed by atoms with Gasteiger partial charge in [0.05, 0.1) is 11.7 Å². The molecule has 2 heteroatoms. The fraction of sp³-hybridized carbons (Fsp3) is 1.00. The van der Waals surface area contributed by atoms with Crippen LogP contribution in [0.3, 0.4) is 0 Å². The standard InChI is InChI=1S/C12H20O2/c1-10(2)5-3-6-11-7-4-9(13)8-12(10,11)14-11/h9,13H,3-8H2,1-2H3. The smallest absolute Gasteiger partial charge is 0.105 e. The SMILES string of the molecule is CC1(C)CCCC23CCC(O)CC12O3. The highest BCUT2D eigenvalue weighted by Crippen LogP contribution is 2.70. The number of ether oxygens (including phenoxy) is 1. The maximum Gasteiger partial charge on any atom is 0.105 e. The summed E-state index contributed by atoms with van der Waals surface area (Å²) < 4.78 is 6.14. The molecule has 3 rings (SSSR count). The number of epoxide rings is 1. The number of aliphatic hydroxyl groups excluding tert-OH is 1. The van der Waals surface area contributed by atoms with Gasteiger partial charge in [-0.2, -0.15) is 0 Å². The van der Waals surface area contributed by atoms with Crippen LogP contribution in [0.25, 0.3) is 0 Å². The molecule has 2 saturated carbocycles. The molecule has 3 aliphatic rings. The van der Waals surface area contributed by atoms with E-state index in [9.17, 15) is 5.11 Å². The first kappa shape index (κ1) is 9.17. The second-order valence-corrected chi connectivity index (χ2v) is 6.06. The van der Waals surface area contributed by atoms with E-state index in [-0.39, 0.29) is 22.7 Å². The molecule has 1 heterocycles. The van der Waals surface area contributed by atoms with Crippen molar-refractivity contribution in [1.82, 2.24) is 0 Å². The molecule has 1 N–H and O–H groups in total. The Morgan fingerprint density at radius 3 is 2.79 bits per heavy atom. The Morgan fingerprint density at radius 1 is 1.21 bits per heavy atom. The van der Waals surface area contributed by atoms with Gasteiger partial charge in [-0.1, -0.05) is 13.8 Å². The normalized spacial score (nSPS) is 54.6. The summed E-state index contributed by atoms with van der Waals surface area (Å²) in [6.45, 7) is 4.62. The molecule has 2 nitrogen and oxygen atoms in total. The van der Waals surface area contributed by atoms with Gasteiger partial charge in [0.15, 0.2) is 0 Å². The van der Waals surface area contributed by atoms with Crippen LogP contribution in [-0.2, 0) is 4.74 Å². The molecule has 1 aliphatic heterocycles. The highest BCUT2D eigenvalue weighted by atomic mass is 16.6. The Hall–Kier alpha value is -0.0800. The van der Waals surface area contributed by atoms with Crippen LogP contribution in [0.1, 0.15) is 52.4 Å². The van der Waals surface area contributed by atoms with Gasteiger partial charge in [0.2, 0.25) is 0 Å². The average Bonchev–Trinajstić information content (AvgIpc) is 2.75. The van der Waals surface area contributed by atoms with Gasteiger partial charge in [-0.05, 0) is 37.5 Å². The van der Waals surface area contributed by atoms with E-state index in [1.807, 2.05) is 0 Å². The lowest BCUT2D eigenvalue weighted by Crippen LogP contribution is -2.48. The van der Waals surface area contributed by atoms with E-state index in [0.717, 1.165) is 19.3 Å². The summed E-state index contributed by atoms with van der Waals surface area (Å²) >= 11 is 0. The van der Waals surface area contributed by atoms with Crippen LogP contribution in [-0.4, -0.2) is 22.4 Å². The third kappa shape index (κ3) is 0.849. The van der Waals surface area contributed by atoms with Crippen molar-refractivity contribution in [2.75, 3.05) is 0 Å². The first-order chi connectivity index (χ1) is 6.52. The predicted octanol–water partition coefficient (Wildman–Crippen LogP) is 2.25. The highest BCUT2D eigenvalue weighted by Gasteiger charge is 2.77. The zero-order valence-corrected chi connectivity index (χ0v) is 9.18. The fourth-order valence-electron chi connectivity index (χ4n) is 4.05. The number of hydrogen-bond donors (Lipinski definition) is 1. The third-order valence-corrected chi connectivity index (χ3v) is 4.94. The second kappa shape index (κ2) is 2.35. The molecule has 0 radical (unpaired) electrons. The summed E-state index contributed by atoms with van der Waals surface area (Å²) in [6.07, 6.45) is 6.55. The minimum Gasteiger partial charge on any atom is -0.393 e. The molecule has 14 heavy (non-hydrogen) atoms. The molecule has 0 bridgehead atoms. The van der Waals surface area contributed by atoms with Crippen LogP contribution in [0.4, 0.5) is 0 Å². The molecule has 80 valence electrons. The molecule has 2 aliphatic carbocycles. The van der Waals surface area contributed by atoms with Gasteiger partial charge in [0.25, 0.3) is 0 Å². The van der Waals surface area contributed by atoms with Gasteiger partial charge >= 0.3 is 0 Å². The van der Waals surface area contributed by atoms with Crippen LogP contribution in [0.5, 0.6) is 0 Å². The monoisotopic (exact) mass is 196 g/mol. The van der Waals surface area contributed by atoms with Crippen LogP contribution in [0.2, 0.25) is 0 Å². The molecular weight excluding hydrogens is 176 g/mol. The molecule has 0 aromatic heterocycles. The summed E-state index contributed by atoms with van der Waals surface area (Å²) in [5.74, 6) is 0. The Morgan fingerprint density at radius 2 is 2.00 bits per heavy atom. The van der Waals surface area contributed by atoms with Crippen molar-refractivity contribution in [2.45, 2.75) is 69.7 Å². The Kier molecular flexibility index (Phi) is 1.54. The van der Waals surface area contributed by atoms with Gasteiger partial charge in [-0.25, -0.2) is 0 Å². The van der Waals surface area contributed by atoms with Crippen molar-refractivity contribution in [3.63, 3.8) is 0 Å². The molecular formula is C12H20O2. The van der Waals surface area contributed by atoms with Gasteiger partial charge < -0.3 is 9.84 Å². The minimum absolute atomic E-state index is 0.0376. The Balaban J connectivity index is 1.96. The Labute approximate surface area is 85.6 Å². The molecule has 0 aromatic carbocycles. The van der Waals surface area contributed by atoms with Crippen molar-refractivity contribution in [3.05, 3.63) is 0 Å². The summed E-state index contributed by atoms with van der Waals surface area (Å²) in [6, 6.07) is 0. The lowest BCUT2D eigenvalue weighted by atomic mass is 9.58. The summed E-state index contributed by atoms with van der Waals surface area (Å²) in [4.78, 5) is 0. The zero-order valence-electron chi connectivity index (χ0n) is 9.18. The quantitative estimate of drug-likeness (QED) is 0.603. The van der Waals surface area contributed by atoms with Crippen molar-refractivity contribution >= 4 is 0 Å². The van der Waals surface area contributed by atoms with Gasteiger partial charge in [0.1, 0.15) is 5.60 Å². The van der Waals surface area contributed by atoms with E-state index in [0.29, 0.717) is 0 Å². The molecule has 0 aromatic rings. The van der Waals surface area contributed by atoms with Crippen LogP contribution in [0.15, 0.2) is 0 Å². The largest absolute Gasteiger partial charge is 0.393 e. The van der Waals surface area contributed by atoms with Crippen LogP contribution < -0.4 is 0 Å². The van der Waals surface area contributed by atoms with Gasteiger partial charge in [-0.3, -0.25) is 0 Å². The molecule has 3 unspecified atom stereocenters. The first-order valence-corrected chi connectivity index (χ1v) is 5.90. The van der Waals surface area contributed by atoms with Gasteiger partial charge in [-0.15, -0.1) is 0 Å². The number of hydrogen-bond acceptors (Lipinski definition) is 2. The van der Waals surface area contributed by atoms with E-state index in [1.165, 1.54) is 19.3 Å². The topological polar surface area (TPSA) is 32.8 Å². The van der Waals surface area contributed by atoms with Crippen LogP contribution in [0, 0.1) is 5.41 Å². The van der Waals surface area contributed by atoms with Crippen LogP contribution >= 0.6 is 0 Å². The molecule has 0 amide bonds. The summed E-state index contributed by atoms with van der Waals surface area (Å²) in [5, 5.41) is 9.79. The lowest BCUT2D eigenvalue weighted by Gasteiger charge is -2.42. The van der Waals surface area contributed by atoms with E-state index < -0.39 is 0 Å². The highest BCUT2D eigenvalue weighted by molar-refractivity contribution is 5.26. The molecule has 0 spiro atoms. The predicted molar refractivity (Wildman–Crippen MR) is 54.0 cm³/mol. The molecule has 3 atom stereocenters. The van der Waals surface area contributed by atoms with Crippen molar-refractivity contribution in [3.8, 4) is 0 Å². The van der Waals surface area contributed by atoms with E-state index in [4.69, 9.17) is 4.74 Å². The van der Waals surface area contributed by atoms with Crippen molar-refractivity contribution < 1.29 is 9.84 Å². The maximum absolute atomic E-state index is 9.79. The third-order valence-electron chi connectivity index (χ3n) is 4.94. The molecule has 3 fully saturated rings. The second-order valence-electron chi connectivity index (χ2n) is 6.06. The zero-order chi connectivity index (χ0) is 10.0. The number of aliphatic hydroxyl groups is 1. The minimum atomic E-state index is -0.122. The maximum atomic E-state index is 9.79. The fourth-order valence-corrected chi connectivity index (χ4v) is 4.05. The Bertz CT molecular complexity index is 273. The van der Waals surface area contributed by atoms with E-state index in [2.05, 4.69) is 13.8 Å². The van der Waals surface area contributed by atoms with Crippen molar-refractivity contribution in [2.24, 2.45) is 5.41 Å². The van der Waals surface area contributed by atoms with Crippen molar-refractivity contribution in [1.29, 1.82) is 0 Å². The number of rotatable bonds is 0.